The predicted octanol–water partition coefficient (Wildman–Crippen LogP) is -0.467. The first-order chi connectivity index (χ1) is 7.12. The van der Waals surface area contributed by atoms with Gasteiger partial charge in [0.15, 0.2) is 5.78 Å². The quantitative estimate of drug-likeness (QED) is 0.655. The fraction of sp³-hybridized carbons (Fsp3) is 0.750. The molecule has 0 atom stereocenters. The van der Waals surface area contributed by atoms with E-state index in [4.69, 9.17) is 14.6 Å². The summed E-state index contributed by atoms with van der Waals surface area (Å²) in [5, 5.41) is 0.859. The van der Waals surface area contributed by atoms with Crippen LogP contribution in [-0.4, -0.2) is 45.9 Å². The second kappa shape index (κ2) is 4.25. The summed E-state index contributed by atoms with van der Waals surface area (Å²) < 4.78 is 10.6. The van der Waals surface area contributed by atoms with E-state index in [0.717, 1.165) is 5.06 Å². The number of hydrogen-bond acceptors (Lipinski definition) is 4. The van der Waals surface area contributed by atoms with E-state index in [1.807, 2.05) is 0 Å². The van der Waals surface area contributed by atoms with Crippen LogP contribution in [0.1, 0.15) is 13.8 Å². The molecule has 0 saturated carbocycles. The van der Waals surface area contributed by atoms with Crippen molar-refractivity contribution >= 4 is 19.3 Å². The molecule has 16 heavy (non-hydrogen) atoms. The van der Waals surface area contributed by atoms with Crippen molar-refractivity contribution in [3.63, 3.8) is 0 Å². The van der Waals surface area contributed by atoms with Crippen LogP contribution in [0.3, 0.4) is 0 Å². The lowest BCUT2D eigenvalue weighted by Crippen LogP contribution is -2.35. The molecule has 1 amide bonds. The third-order valence-electron chi connectivity index (χ3n) is 2.09. The van der Waals surface area contributed by atoms with E-state index < -0.39 is 31.5 Å². The van der Waals surface area contributed by atoms with Crippen LogP contribution in [0.2, 0.25) is 0 Å². The summed E-state index contributed by atoms with van der Waals surface area (Å²) in [6.07, 6.45) is -0.874. The first-order valence-electron chi connectivity index (χ1n) is 4.63. The lowest BCUT2D eigenvalue weighted by molar-refractivity contribution is -0.165. The van der Waals surface area contributed by atoms with Gasteiger partial charge in [0.25, 0.3) is 5.91 Å². The van der Waals surface area contributed by atoms with Crippen LogP contribution in [0.4, 0.5) is 0 Å². The minimum Gasteiger partial charge on any atom is -0.324 e. The van der Waals surface area contributed by atoms with Crippen molar-refractivity contribution in [1.29, 1.82) is 0 Å². The summed E-state index contributed by atoms with van der Waals surface area (Å²) >= 11 is 0. The Balaban J connectivity index is 2.54. The van der Waals surface area contributed by atoms with Gasteiger partial charge in [0.2, 0.25) is 0 Å². The number of Topliss-reactive ketones (excluding diaryl/α,β-unsaturated/α-hetero) is 1. The molecule has 0 bridgehead atoms. The van der Waals surface area contributed by atoms with E-state index in [1.165, 1.54) is 0 Å². The highest BCUT2D eigenvalue weighted by Crippen LogP contribution is 2.34. The molecule has 7 nitrogen and oxygen atoms in total. The smallest absolute Gasteiger partial charge is 0.324 e. The molecule has 0 radical (unpaired) electrons. The van der Waals surface area contributed by atoms with Gasteiger partial charge in [-0.1, -0.05) is 0 Å². The first kappa shape index (κ1) is 13.3. The van der Waals surface area contributed by atoms with Gasteiger partial charge in [-0.05, 0) is 13.8 Å². The summed E-state index contributed by atoms with van der Waals surface area (Å²) in [4.78, 5) is 44.9. The molecule has 8 heteroatoms. The highest BCUT2D eigenvalue weighted by Gasteiger charge is 2.41. The molecule has 0 spiro atoms. The third-order valence-corrected chi connectivity index (χ3v) is 2.85. The first-order valence-corrected chi connectivity index (χ1v) is 6.43. The monoisotopic (exact) mass is 251 g/mol. The topological polar surface area (TPSA) is 104 Å². The molecule has 2 N–H and O–H groups in total. The Morgan fingerprint density at radius 2 is 2.12 bits per heavy atom. The van der Waals surface area contributed by atoms with Crippen LogP contribution in [0.25, 0.3) is 0 Å². The number of rotatable bonds is 4. The molecule has 1 fully saturated rings. The highest BCUT2D eigenvalue weighted by atomic mass is 31.2. The van der Waals surface area contributed by atoms with Crippen molar-refractivity contribution in [2.24, 2.45) is 5.41 Å². The lowest BCUT2D eigenvalue weighted by atomic mass is 9.95. The Morgan fingerprint density at radius 3 is 2.50 bits per heavy atom. The van der Waals surface area contributed by atoms with E-state index in [0.29, 0.717) is 0 Å². The third kappa shape index (κ3) is 3.38. The maximum absolute atomic E-state index is 11.6. The molecular weight excluding hydrogens is 237 g/mol. The van der Waals surface area contributed by atoms with E-state index in [2.05, 4.69) is 0 Å². The van der Waals surface area contributed by atoms with Crippen molar-refractivity contribution < 1.29 is 28.8 Å². The number of carbonyl (C=O) groups excluding carboxylic acids is 2. The summed E-state index contributed by atoms with van der Waals surface area (Å²) in [6.45, 7) is 3.08. The molecular formula is C8H14NO6P. The van der Waals surface area contributed by atoms with Crippen LogP contribution < -0.4 is 0 Å². The summed E-state index contributed by atoms with van der Waals surface area (Å²) in [5.74, 6) is -1.08. The maximum atomic E-state index is 11.6. The van der Waals surface area contributed by atoms with Crippen LogP contribution >= 0.6 is 7.60 Å². The summed E-state index contributed by atoms with van der Waals surface area (Å²) in [6, 6.07) is 0. The number of hydroxylamine groups is 2. The fourth-order valence-corrected chi connectivity index (χ4v) is 1.81. The average molecular weight is 251 g/mol. The van der Waals surface area contributed by atoms with Gasteiger partial charge in [-0.2, -0.15) is 0 Å². The Bertz CT molecular complexity index is 360. The number of nitrogens with zero attached hydrogens (tertiary/aromatic N) is 1. The van der Waals surface area contributed by atoms with Gasteiger partial charge < -0.3 is 9.79 Å². The van der Waals surface area contributed by atoms with Crippen LogP contribution in [0.5, 0.6) is 0 Å². The summed E-state index contributed by atoms with van der Waals surface area (Å²) in [7, 11) is -4.37. The van der Waals surface area contributed by atoms with E-state index in [1.54, 1.807) is 13.8 Å². The number of hydrogen-bond donors (Lipinski definition) is 2. The van der Waals surface area contributed by atoms with Crippen LogP contribution in [-0.2, 0) is 19.0 Å². The molecule has 0 aliphatic carbocycles. The standard InChI is InChI=1S/C8H14NO6P/c1-8(2)5-15-9(7(8)11)3-6(10)4-16(12,13)14/h3-5H2,1-2H3,(H2,12,13,14). The molecule has 1 heterocycles. The SMILES string of the molecule is CC1(C)CON(CC(=O)CP(=O)(O)O)C1=O. The largest absolute Gasteiger partial charge is 0.333 e. The molecule has 92 valence electrons. The van der Waals surface area contributed by atoms with E-state index in [9.17, 15) is 14.2 Å². The van der Waals surface area contributed by atoms with Gasteiger partial charge in [-0.15, -0.1) is 0 Å². The minimum atomic E-state index is -4.37. The normalized spacial score (nSPS) is 20.2. The molecule has 0 aromatic rings. The van der Waals surface area contributed by atoms with Crippen molar-refractivity contribution in [2.75, 3.05) is 19.3 Å². The van der Waals surface area contributed by atoms with Crippen LogP contribution in [0, 0.1) is 5.41 Å². The molecule has 0 aromatic heterocycles. The Kier molecular flexibility index (Phi) is 3.54. The van der Waals surface area contributed by atoms with Gasteiger partial charge in [0.05, 0.1) is 12.0 Å². The molecule has 1 aliphatic heterocycles. The van der Waals surface area contributed by atoms with Gasteiger partial charge in [0.1, 0.15) is 12.7 Å². The summed E-state index contributed by atoms with van der Waals surface area (Å²) in [5.41, 5.74) is -0.692. The van der Waals surface area contributed by atoms with Crippen molar-refractivity contribution in [3.8, 4) is 0 Å². The van der Waals surface area contributed by atoms with E-state index >= 15 is 0 Å². The zero-order valence-electron chi connectivity index (χ0n) is 9.04. The highest BCUT2D eigenvalue weighted by molar-refractivity contribution is 7.52. The van der Waals surface area contributed by atoms with Crippen molar-refractivity contribution in [3.05, 3.63) is 0 Å². The Morgan fingerprint density at radius 1 is 1.56 bits per heavy atom. The Hall–Kier alpha value is -0.750. The predicted molar refractivity (Wildman–Crippen MR) is 53.4 cm³/mol. The second-order valence-electron chi connectivity index (χ2n) is 4.36. The van der Waals surface area contributed by atoms with Gasteiger partial charge in [-0.25, -0.2) is 5.06 Å². The number of carbonyl (C=O) groups is 2. The van der Waals surface area contributed by atoms with Crippen molar-refractivity contribution in [2.45, 2.75) is 13.8 Å². The van der Waals surface area contributed by atoms with Gasteiger partial charge >= 0.3 is 7.60 Å². The zero-order valence-corrected chi connectivity index (χ0v) is 9.94. The second-order valence-corrected chi connectivity index (χ2v) is 6.01. The molecule has 1 saturated heterocycles. The lowest BCUT2D eigenvalue weighted by Gasteiger charge is -2.15. The fourth-order valence-electron chi connectivity index (χ4n) is 1.25. The molecule has 1 rings (SSSR count). The molecule has 1 aliphatic rings. The van der Waals surface area contributed by atoms with Gasteiger partial charge in [0, 0.05) is 0 Å². The number of amides is 1. The van der Waals surface area contributed by atoms with Crippen LogP contribution in [0.15, 0.2) is 0 Å². The average Bonchev–Trinajstić information content (AvgIpc) is 2.28. The molecule has 0 aromatic carbocycles. The van der Waals surface area contributed by atoms with Gasteiger partial charge in [-0.3, -0.25) is 19.0 Å². The molecule has 0 unspecified atom stereocenters. The zero-order chi connectivity index (χ0) is 12.6. The Labute approximate surface area is 92.5 Å². The minimum absolute atomic E-state index is 0.162. The maximum Gasteiger partial charge on any atom is 0.333 e. The number of ketones is 1. The van der Waals surface area contributed by atoms with E-state index in [-0.39, 0.29) is 12.5 Å². The van der Waals surface area contributed by atoms with Crippen molar-refractivity contribution in [1.82, 2.24) is 5.06 Å².